The van der Waals surface area contributed by atoms with Crippen LogP contribution in [0.25, 0.3) is 0 Å². The van der Waals surface area contributed by atoms with Gasteiger partial charge < -0.3 is 5.32 Å². The van der Waals surface area contributed by atoms with Gasteiger partial charge in [0.2, 0.25) is 0 Å². The molecule has 88 valence electrons. The summed E-state index contributed by atoms with van der Waals surface area (Å²) in [6.07, 6.45) is 5.28. The predicted molar refractivity (Wildman–Crippen MR) is 73.1 cm³/mol. The van der Waals surface area contributed by atoms with Crippen LogP contribution < -0.4 is 5.32 Å². The van der Waals surface area contributed by atoms with E-state index >= 15 is 0 Å². The van der Waals surface area contributed by atoms with E-state index in [1.54, 1.807) is 30.4 Å². The number of anilines is 1. The molecule has 2 aromatic rings. The number of aromatic nitrogens is 3. The molecule has 2 heterocycles. The topological polar surface area (TPSA) is 50.7 Å². The average Bonchev–Trinajstić information content (AvgIpc) is 2.38. The van der Waals surface area contributed by atoms with Crippen molar-refractivity contribution in [2.75, 3.05) is 12.4 Å². The first-order chi connectivity index (χ1) is 8.29. The van der Waals surface area contributed by atoms with Gasteiger partial charge in [-0.05, 0) is 28.1 Å². The number of hydrogen-bond donors (Lipinski definition) is 1. The summed E-state index contributed by atoms with van der Waals surface area (Å²) < 4.78 is 1.00. The molecule has 1 N–H and O–H groups in total. The van der Waals surface area contributed by atoms with Crippen molar-refractivity contribution in [2.45, 2.75) is 10.8 Å². The zero-order valence-electron chi connectivity index (χ0n) is 9.22. The van der Waals surface area contributed by atoms with E-state index in [2.05, 4.69) is 36.2 Å². The SMILES string of the molecule is CNc1cnc(CSc2ncccc2Br)cn1. The lowest BCUT2D eigenvalue weighted by Gasteiger charge is -2.03. The molecule has 4 nitrogen and oxygen atoms in total. The van der Waals surface area contributed by atoms with Crippen molar-refractivity contribution in [1.29, 1.82) is 0 Å². The third-order valence-electron chi connectivity index (χ3n) is 2.04. The molecule has 6 heteroatoms. The zero-order valence-corrected chi connectivity index (χ0v) is 11.6. The van der Waals surface area contributed by atoms with Gasteiger partial charge in [0.15, 0.2) is 0 Å². The summed E-state index contributed by atoms with van der Waals surface area (Å²) in [7, 11) is 1.82. The minimum absolute atomic E-state index is 0.757. The molecule has 0 spiro atoms. The van der Waals surface area contributed by atoms with Crippen molar-refractivity contribution in [3.05, 3.63) is 40.9 Å². The Morgan fingerprint density at radius 1 is 1.29 bits per heavy atom. The van der Waals surface area contributed by atoms with Gasteiger partial charge in [0.1, 0.15) is 10.8 Å². The fourth-order valence-corrected chi connectivity index (χ4v) is 2.55. The molecule has 0 bridgehead atoms. The zero-order chi connectivity index (χ0) is 12.1. The molecule has 0 unspecified atom stereocenters. The van der Waals surface area contributed by atoms with E-state index in [-0.39, 0.29) is 0 Å². The van der Waals surface area contributed by atoms with Crippen LogP contribution in [0.5, 0.6) is 0 Å². The van der Waals surface area contributed by atoms with Crippen LogP contribution in [0, 0.1) is 0 Å². The third kappa shape index (κ3) is 3.41. The second-order valence-electron chi connectivity index (χ2n) is 3.22. The Hall–Kier alpha value is -1.14. The van der Waals surface area contributed by atoms with Crippen molar-refractivity contribution in [3.8, 4) is 0 Å². The van der Waals surface area contributed by atoms with Gasteiger partial charge in [-0.25, -0.2) is 9.97 Å². The monoisotopic (exact) mass is 310 g/mol. The Kier molecular flexibility index (Phi) is 4.33. The van der Waals surface area contributed by atoms with E-state index in [1.165, 1.54) is 0 Å². The standard InChI is InChI=1S/C11H11BrN4S/c1-13-10-6-15-8(5-16-10)7-17-11-9(12)3-2-4-14-11/h2-6H,7H2,1H3,(H,13,16). The van der Waals surface area contributed by atoms with Crippen LogP contribution in [0.1, 0.15) is 5.69 Å². The summed E-state index contributed by atoms with van der Waals surface area (Å²) in [4.78, 5) is 12.8. The first-order valence-corrected chi connectivity index (χ1v) is 6.79. The number of hydrogen-bond acceptors (Lipinski definition) is 5. The maximum Gasteiger partial charge on any atom is 0.144 e. The molecule has 0 aliphatic rings. The lowest BCUT2D eigenvalue weighted by Crippen LogP contribution is -1.95. The predicted octanol–water partition coefficient (Wildman–Crippen LogP) is 2.97. The molecule has 0 aliphatic heterocycles. The van der Waals surface area contributed by atoms with Crippen LogP contribution in [0.15, 0.2) is 40.2 Å². The van der Waals surface area contributed by atoms with Crippen LogP contribution >= 0.6 is 27.7 Å². The summed E-state index contributed by atoms with van der Waals surface area (Å²) in [6.45, 7) is 0. The van der Waals surface area contributed by atoms with E-state index in [1.807, 2.05) is 19.2 Å². The van der Waals surface area contributed by atoms with Crippen LogP contribution in [0.4, 0.5) is 5.82 Å². The summed E-state index contributed by atoms with van der Waals surface area (Å²) in [6, 6.07) is 3.88. The smallest absolute Gasteiger partial charge is 0.144 e. The number of nitrogens with zero attached hydrogens (tertiary/aromatic N) is 3. The lowest BCUT2D eigenvalue weighted by atomic mass is 10.5. The highest BCUT2D eigenvalue weighted by Gasteiger charge is 2.03. The molecule has 0 saturated carbocycles. The molecule has 0 aliphatic carbocycles. The van der Waals surface area contributed by atoms with Gasteiger partial charge in [-0.15, -0.1) is 0 Å². The molecule has 0 fully saturated rings. The number of pyridine rings is 1. The van der Waals surface area contributed by atoms with Gasteiger partial charge in [0.25, 0.3) is 0 Å². The Bertz CT molecular complexity index is 489. The van der Waals surface area contributed by atoms with Crippen LogP contribution in [-0.2, 0) is 5.75 Å². The second-order valence-corrected chi connectivity index (χ2v) is 5.04. The number of thioether (sulfide) groups is 1. The highest BCUT2D eigenvalue weighted by molar-refractivity contribution is 9.10. The average molecular weight is 311 g/mol. The normalized spacial score (nSPS) is 10.2. The molecule has 0 radical (unpaired) electrons. The van der Waals surface area contributed by atoms with E-state index in [0.717, 1.165) is 26.8 Å². The molecule has 0 saturated heterocycles. The number of halogens is 1. The second kappa shape index (κ2) is 5.97. The molecule has 0 aromatic carbocycles. The van der Waals surface area contributed by atoms with Gasteiger partial charge in [0, 0.05) is 23.5 Å². The Labute approximate surface area is 112 Å². The van der Waals surface area contributed by atoms with Crippen molar-refractivity contribution in [2.24, 2.45) is 0 Å². The van der Waals surface area contributed by atoms with Crippen molar-refractivity contribution < 1.29 is 0 Å². The van der Waals surface area contributed by atoms with Crippen molar-refractivity contribution >= 4 is 33.5 Å². The minimum atomic E-state index is 0.757. The molecular formula is C11H11BrN4S. The summed E-state index contributed by atoms with van der Waals surface area (Å²) in [5.74, 6) is 1.53. The van der Waals surface area contributed by atoms with Crippen LogP contribution in [0.3, 0.4) is 0 Å². The van der Waals surface area contributed by atoms with E-state index in [0.29, 0.717) is 0 Å². The maximum absolute atomic E-state index is 4.31. The van der Waals surface area contributed by atoms with Gasteiger partial charge in [-0.3, -0.25) is 4.98 Å². The van der Waals surface area contributed by atoms with Crippen molar-refractivity contribution in [1.82, 2.24) is 15.0 Å². The van der Waals surface area contributed by atoms with Crippen molar-refractivity contribution in [3.63, 3.8) is 0 Å². The van der Waals surface area contributed by atoms with E-state index in [4.69, 9.17) is 0 Å². The molecule has 0 amide bonds. The molecular weight excluding hydrogens is 300 g/mol. The van der Waals surface area contributed by atoms with Crippen LogP contribution in [-0.4, -0.2) is 22.0 Å². The summed E-state index contributed by atoms with van der Waals surface area (Å²) in [5, 5.41) is 3.90. The lowest BCUT2D eigenvalue weighted by molar-refractivity contribution is 1.08. The Morgan fingerprint density at radius 3 is 2.82 bits per heavy atom. The Balaban J connectivity index is 2.00. The minimum Gasteiger partial charge on any atom is -0.372 e. The molecule has 2 aromatic heterocycles. The first-order valence-electron chi connectivity index (χ1n) is 5.01. The molecule has 0 atom stereocenters. The van der Waals surface area contributed by atoms with Gasteiger partial charge >= 0.3 is 0 Å². The maximum atomic E-state index is 4.31. The van der Waals surface area contributed by atoms with Crippen LogP contribution in [0.2, 0.25) is 0 Å². The van der Waals surface area contributed by atoms with Gasteiger partial charge in [-0.2, -0.15) is 0 Å². The fraction of sp³-hybridized carbons (Fsp3) is 0.182. The quantitative estimate of drug-likeness (QED) is 0.880. The van der Waals surface area contributed by atoms with E-state index < -0.39 is 0 Å². The summed E-state index contributed by atoms with van der Waals surface area (Å²) in [5.41, 5.74) is 0.937. The Morgan fingerprint density at radius 2 is 2.18 bits per heavy atom. The largest absolute Gasteiger partial charge is 0.372 e. The molecule has 2 rings (SSSR count). The number of nitrogens with one attached hydrogen (secondary N) is 1. The van der Waals surface area contributed by atoms with Gasteiger partial charge in [-0.1, -0.05) is 11.8 Å². The fourth-order valence-electron chi connectivity index (χ4n) is 1.18. The first kappa shape index (κ1) is 12.3. The van der Waals surface area contributed by atoms with Gasteiger partial charge in [0.05, 0.1) is 18.1 Å². The summed E-state index contributed by atoms with van der Waals surface area (Å²) >= 11 is 5.10. The highest BCUT2D eigenvalue weighted by atomic mass is 79.9. The van der Waals surface area contributed by atoms with E-state index in [9.17, 15) is 0 Å². The third-order valence-corrected chi connectivity index (χ3v) is 3.98. The molecule has 17 heavy (non-hydrogen) atoms. The highest BCUT2D eigenvalue weighted by Crippen LogP contribution is 2.26. The number of rotatable bonds is 4.